The maximum absolute atomic E-state index is 12.4. The van der Waals surface area contributed by atoms with E-state index in [4.69, 9.17) is 0 Å². The average Bonchev–Trinajstić information content (AvgIpc) is 3.08. The lowest BCUT2D eigenvalue weighted by Crippen LogP contribution is -2.33. The van der Waals surface area contributed by atoms with Gasteiger partial charge in [0.25, 0.3) is 0 Å². The molecule has 3 N–H and O–H groups in total. The van der Waals surface area contributed by atoms with Crippen LogP contribution in [0.3, 0.4) is 0 Å². The number of amides is 2. The van der Waals surface area contributed by atoms with E-state index in [2.05, 4.69) is 10.0 Å². The van der Waals surface area contributed by atoms with Crippen LogP contribution in [-0.4, -0.2) is 38.4 Å². The molecule has 1 fully saturated rings. The van der Waals surface area contributed by atoms with Gasteiger partial charge in [-0.2, -0.15) is 0 Å². The van der Waals surface area contributed by atoms with Crippen molar-refractivity contribution < 1.29 is 23.1 Å². The smallest absolute Gasteiger partial charge is 0.241 e. The second kappa shape index (κ2) is 7.99. The Morgan fingerprint density at radius 2 is 1.89 bits per heavy atom. The van der Waals surface area contributed by atoms with Gasteiger partial charge in [-0.3, -0.25) is 9.59 Å². The van der Waals surface area contributed by atoms with Crippen molar-refractivity contribution >= 4 is 33.2 Å². The topological polar surface area (TPSA) is 116 Å². The van der Waals surface area contributed by atoms with Crippen LogP contribution in [0, 0.1) is 6.92 Å². The first-order valence-electron chi connectivity index (χ1n) is 8.76. The highest BCUT2D eigenvalue weighted by atomic mass is 32.2. The summed E-state index contributed by atoms with van der Waals surface area (Å²) >= 11 is 0. The van der Waals surface area contributed by atoms with Crippen molar-refractivity contribution in [3.8, 4) is 5.75 Å². The van der Waals surface area contributed by atoms with Gasteiger partial charge in [0.2, 0.25) is 21.8 Å². The molecule has 0 radical (unpaired) electrons. The molecule has 148 valence electrons. The SMILES string of the molecule is Cc1ccc(NC(=O)CNS(=O)(=O)c2ccc(N3CCCC3=O)cc2)c(O)c1. The number of carbonyl (C=O) groups is 2. The van der Waals surface area contributed by atoms with E-state index >= 15 is 0 Å². The molecule has 0 unspecified atom stereocenters. The number of anilines is 2. The Kier molecular flexibility index (Phi) is 5.66. The van der Waals surface area contributed by atoms with Crippen LogP contribution in [0.5, 0.6) is 5.75 Å². The Bertz CT molecular complexity index is 1000. The summed E-state index contributed by atoms with van der Waals surface area (Å²) in [6, 6.07) is 10.7. The zero-order valence-electron chi connectivity index (χ0n) is 15.3. The third-order valence-electron chi connectivity index (χ3n) is 4.38. The number of phenols is 1. The number of sulfonamides is 1. The van der Waals surface area contributed by atoms with Gasteiger partial charge in [-0.25, -0.2) is 13.1 Å². The third-order valence-corrected chi connectivity index (χ3v) is 5.80. The van der Waals surface area contributed by atoms with Crippen LogP contribution in [0.4, 0.5) is 11.4 Å². The Morgan fingerprint density at radius 1 is 1.18 bits per heavy atom. The molecule has 3 rings (SSSR count). The molecular formula is C19H21N3O5S. The van der Waals surface area contributed by atoms with E-state index in [1.807, 2.05) is 0 Å². The quantitative estimate of drug-likeness (QED) is 0.636. The van der Waals surface area contributed by atoms with Crippen molar-refractivity contribution in [1.82, 2.24) is 4.72 Å². The summed E-state index contributed by atoms with van der Waals surface area (Å²) < 4.78 is 27.0. The molecule has 0 bridgehead atoms. The van der Waals surface area contributed by atoms with Crippen molar-refractivity contribution in [2.24, 2.45) is 0 Å². The van der Waals surface area contributed by atoms with E-state index in [0.717, 1.165) is 12.0 Å². The molecular weight excluding hydrogens is 382 g/mol. The van der Waals surface area contributed by atoms with Gasteiger partial charge in [0.15, 0.2) is 0 Å². The zero-order valence-corrected chi connectivity index (χ0v) is 16.1. The number of hydrogen-bond donors (Lipinski definition) is 3. The summed E-state index contributed by atoms with van der Waals surface area (Å²) in [5, 5.41) is 12.3. The molecule has 28 heavy (non-hydrogen) atoms. The first-order chi connectivity index (χ1) is 13.3. The molecule has 0 aromatic heterocycles. The van der Waals surface area contributed by atoms with Gasteiger partial charge in [-0.15, -0.1) is 0 Å². The van der Waals surface area contributed by atoms with Crippen molar-refractivity contribution in [2.75, 3.05) is 23.3 Å². The second-order valence-electron chi connectivity index (χ2n) is 6.54. The Hall–Kier alpha value is -2.91. The number of phenolic OH excluding ortho intramolecular Hbond substituents is 1. The number of aromatic hydroxyl groups is 1. The molecule has 1 aliphatic heterocycles. The predicted molar refractivity (Wildman–Crippen MR) is 105 cm³/mol. The highest BCUT2D eigenvalue weighted by molar-refractivity contribution is 7.89. The van der Waals surface area contributed by atoms with Gasteiger partial charge in [0, 0.05) is 18.7 Å². The molecule has 1 heterocycles. The maximum atomic E-state index is 12.4. The normalized spacial score (nSPS) is 14.3. The van der Waals surface area contributed by atoms with Crippen LogP contribution >= 0.6 is 0 Å². The number of nitrogens with zero attached hydrogens (tertiary/aromatic N) is 1. The van der Waals surface area contributed by atoms with Crippen molar-refractivity contribution in [1.29, 1.82) is 0 Å². The van der Waals surface area contributed by atoms with Gasteiger partial charge in [0.05, 0.1) is 17.1 Å². The molecule has 0 spiro atoms. The highest BCUT2D eigenvalue weighted by Gasteiger charge is 2.22. The van der Waals surface area contributed by atoms with Crippen LogP contribution in [0.25, 0.3) is 0 Å². The standard InChI is InChI=1S/C19H21N3O5S/c1-13-4-9-16(17(23)11-13)21-18(24)12-20-28(26,27)15-7-5-14(6-8-15)22-10-2-3-19(22)25/h4-9,11,20,23H,2-3,10,12H2,1H3,(H,21,24). The van der Waals surface area contributed by atoms with E-state index in [0.29, 0.717) is 18.7 Å². The fraction of sp³-hybridized carbons (Fsp3) is 0.263. The zero-order chi connectivity index (χ0) is 20.3. The molecule has 2 aromatic carbocycles. The van der Waals surface area contributed by atoms with Crippen LogP contribution in [0.15, 0.2) is 47.4 Å². The van der Waals surface area contributed by atoms with Crippen molar-refractivity contribution in [3.05, 3.63) is 48.0 Å². The number of carbonyl (C=O) groups excluding carboxylic acids is 2. The van der Waals surface area contributed by atoms with E-state index in [1.54, 1.807) is 30.0 Å². The van der Waals surface area contributed by atoms with Crippen molar-refractivity contribution in [3.63, 3.8) is 0 Å². The fourth-order valence-electron chi connectivity index (χ4n) is 2.91. The van der Waals surface area contributed by atoms with Crippen LogP contribution in [-0.2, 0) is 19.6 Å². The maximum Gasteiger partial charge on any atom is 0.241 e. The third kappa shape index (κ3) is 4.49. The minimum atomic E-state index is -3.90. The van der Waals surface area contributed by atoms with Gasteiger partial charge in [0.1, 0.15) is 5.75 Å². The fourth-order valence-corrected chi connectivity index (χ4v) is 3.89. The summed E-state index contributed by atoms with van der Waals surface area (Å²) in [5.41, 5.74) is 1.68. The molecule has 1 saturated heterocycles. The van der Waals surface area contributed by atoms with E-state index in [1.165, 1.54) is 24.3 Å². The van der Waals surface area contributed by atoms with Gasteiger partial charge in [-0.1, -0.05) is 6.07 Å². The van der Waals surface area contributed by atoms with E-state index in [9.17, 15) is 23.1 Å². The number of aryl methyl sites for hydroxylation is 1. The highest BCUT2D eigenvalue weighted by Crippen LogP contribution is 2.24. The van der Waals surface area contributed by atoms with Crippen LogP contribution in [0.2, 0.25) is 0 Å². The number of nitrogens with one attached hydrogen (secondary N) is 2. The van der Waals surface area contributed by atoms with E-state index in [-0.39, 0.29) is 22.2 Å². The molecule has 2 amide bonds. The number of hydrogen-bond acceptors (Lipinski definition) is 5. The summed E-state index contributed by atoms with van der Waals surface area (Å²) in [4.78, 5) is 25.4. The summed E-state index contributed by atoms with van der Waals surface area (Å²) in [6.07, 6.45) is 1.28. The molecule has 8 nitrogen and oxygen atoms in total. The Balaban J connectivity index is 1.61. The lowest BCUT2D eigenvalue weighted by Gasteiger charge is -2.16. The number of benzene rings is 2. The molecule has 0 saturated carbocycles. The summed E-state index contributed by atoms with van der Waals surface area (Å²) in [6.45, 7) is 1.93. The van der Waals surface area contributed by atoms with Crippen LogP contribution < -0.4 is 14.9 Å². The molecule has 2 aromatic rings. The summed E-state index contributed by atoms with van der Waals surface area (Å²) in [7, 11) is -3.90. The van der Waals surface area contributed by atoms with Gasteiger partial charge >= 0.3 is 0 Å². The largest absolute Gasteiger partial charge is 0.506 e. The monoisotopic (exact) mass is 403 g/mol. The Labute approximate surface area is 163 Å². The van der Waals surface area contributed by atoms with E-state index < -0.39 is 22.5 Å². The molecule has 9 heteroatoms. The van der Waals surface area contributed by atoms with Crippen molar-refractivity contribution in [2.45, 2.75) is 24.7 Å². The minimum Gasteiger partial charge on any atom is -0.506 e. The minimum absolute atomic E-state index is 0.00567. The van der Waals surface area contributed by atoms with Gasteiger partial charge < -0.3 is 15.3 Å². The first kappa shape index (κ1) is 19.8. The second-order valence-corrected chi connectivity index (χ2v) is 8.30. The summed E-state index contributed by atoms with van der Waals surface area (Å²) in [5.74, 6) is -0.685. The lowest BCUT2D eigenvalue weighted by molar-refractivity contribution is -0.117. The average molecular weight is 403 g/mol. The molecule has 1 aliphatic rings. The predicted octanol–water partition coefficient (Wildman–Crippen LogP) is 1.74. The molecule has 0 atom stereocenters. The Morgan fingerprint density at radius 3 is 2.50 bits per heavy atom. The van der Waals surface area contributed by atoms with Crippen LogP contribution in [0.1, 0.15) is 18.4 Å². The number of rotatable bonds is 6. The molecule has 0 aliphatic carbocycles. The van der Waals surface area contributed by atoms with Gasteiger partial charge in [-0.05, 0) is 55.3 Å². The lowest BCUT2D eigenvalue weighted by atomic mass is 10.2. The first-order valence-corrected chi connectivity index (χ1v) is 10.2.